The van der Waals surface area contributed by atoms with Crippen LogP contribution in [0.2, 0.25) is 0 Å². The molecule has 0 saturated carbocycles. The number of piperidine rings is 1. The molecule has 1 aromatic carbocycles. The molecule has 0 spiro atoms. The van der Waals surface area contributed by atoms with Crippen LogP contribution in [0.4, 0.5) is 0 Å². The van der Waals surface area contributed by atoms with Crippen LogP contribution < -0.4 is 5.32 Å². The fourth-order valence-electron chi connectivity index (χ4n) is 3.17. The van der Waals surface area contributed by atoms with Gasteiger partial charge in [-0.05, 0) is 18.4 Å². The Hall–Kier alpha value is -2.76. The zero-order valence-electron chi connectivity index (χ0n) is 14.8. The van der Waals surface area contributed by atoms with Crippen molar-refractivity contribution in [2.45, 2.75) is 25.7 Å². The molecular formula is C20H24N4O2. The van der Waals surface area contributed by atoms with Gasteiger partial charge in [0.2, 0.25) is 11.8 Å². The van der Waals surface area contributed by atoms with Gasteiger partial charge in [0.05, 0.1) is 11.6 Å². The molecule has 6 nitrogen and oxygen atoms in total. The van der Waals surface area contributed by atoms with Crippen LogP contribution in [-0.4, -0.2) is 46.3 Å². The maximum absolute atomic E-state index is 12.4. The van der Waals surface area contributed by atoms with E-state index in [4.69, 9.17) is 0 Å². The van der Waals surface area contributed by atoms with Gasteiger partial charge in [0.25, 0.3) is 0 Å². The summed E-state index contributed by atoms with van der Waals surface area (Å²) in [5.41, 5.74) is 2.06. The Labute approximate surface area is 153 Å². The molecule has 1 fully saturated rings. The monoisotopic (exact) mass is 352 g/mol. The normalized spacial score (nSPS) is 17.2. The fraction of sp³-hybridized carbons (Fsp3) is 0.400. The minimum absolute atomic E-state index is 0.0195. The number of hydrogen-bond donors (Lipinski definition) is 1. The van der Waals surface area contributed by atoms with Crippen LogP contribution in [0.5, 0.6) is 0 Å². The summed E-state index contributed by atoms with van der Waals surface area (Å²) in [4.78, 5) is 34.6. The number of carbonyl (C=O) groups is 2. The predicted molar refractivity (Wildman–Crippen MR) is 98.2 cm³/mol. The van der Waals surface area contributed by atoms with Crippen LogP contribution in [0, 0.1) is 5.92 Å². The van der Waals surface area contributed by atoms with E-state index >= 15 is 0 Å². The third-order valence-corrected chi connectivity index (χ3v) is 4.68. The molecule has 0 radical (unpaired) electrons. The maximum atomic E-state index is 12.4. The Bertz CT molecular complexity index is 721. The molecule has 136 valence electrons. The first-order valence-corrected chi connectivity index (χ1v) is 9.06. The van der Waals surface area contributed by atoms with E-state index in [0.29, 0.717) is 38.9 Å². The minimum Gasteiger partial charge on any atom is -0.355 e. The summed E-state index contributed by atoms with van der Waals surface area (Å²) in [6.45, 7) is 1.70. The molecule has 1 aromatic heterocycles. The van der Waals surface area contributed by atoms with E-state index in [2.05, 4.69) is 27.4 Å². The van der Waals surface area contributed by atoms with Gasteiger partial charge < -0.3 is 10.2 Å². The molecule has 6 heteroatoms. The van der Waals surface area contributed by atoms with Gasteiger partial charge in [-0.3, -0.25) is 19.6 Å². The molecule has 1 unspecified atom stereocenters. The van der Waals surface area contributed by atoms with Crippen molar-refractivity contribution in [1.82, 2.24) is 20.2 Å². The number of nitrogens with zero attached hydrogens (tertiary/aromatic N) is 3. The van der Waals surface area contributed by atoms with Crippen LogP contribution >= 0.6 is 0 Å². The highest BCUT2D eigenvalue weighted by Gasteiger charge is 2.29. The quantitative estimate of drug-likeness (QED) is 0.822. The molecule has 1 saturated heterocycles. The standard InChI is InChI=1S/C20H24N4O2/c25-19-7-6-17(15-24(19)13-9-16-4-2-1-3-5-16)20(26)23-10-8-18-14-21-11-12-22-18/h1-5,11-12,14,17H,6-10,13,15H2,(H,23,26). The largest absolute Gasteiger partial charge is 0.355 e. The van der Waals surface area contributed by atoms with Crippen molar-refractivity contribution in [2.24, 2.45) is 5.92 Å². The lowest BCUT2D eigenvalue weighted by molar-refractivity contribution is -0.138. The van der Waals surface area contributed by atoms with Crippen LogP contribution in [0.15, 0.2) is 48.9 Å². The highest BCUT2D eigenvalue weighted by molar-refractivity contribution is 5.83. The van der Waals surface area contributed by atoms with Gasteiger partial charge in [0, 0.05) is 51.1 Å². The number of nitrogens with one attached hydrogen (secondary N) is 1. The van der Waals surface area contributed by atoms with Crippen LogP contribution in [0.3, 0.4) is 0 Å². The maximum Gasteiger partial charge on any atom is 0.224 e. The summed E-state index contributed by atoms with van der Waals surface area (Å²) in [6.07, 6.45) is 7.52. The lowest BCUT2D eigenvalue weighted by Crippen LogP contribution is -2.46. The third-order valence-electron chi connectivity index (χ3n) is 4.68. The molecule has 26 heavy (non-hydrogen) atoms. The summed E-state index contributed by atoms with van der Waals surface area (Å²) in [7, 11) is 0. The first-order valence-electron chi connectivity index (χ1n) is 9.06. The highest BCUT2D eigenvalue weighted by Crippen LogP contribution is 2.18. The lowest BCUT2D eigenvalue weighted by Gasteiger charge is -2.32. The number of rotatable bonds is 7. The number of benzene rings is 1. The second-order valence-corrected chi connectivity index (χ2v) is 6.55. The van der Waals surface area contributed by atoms with E-state index in [1.807, 2.05) is 23.1 Å². The van der Waals surface area contributed by atoms with E-state index in [-0.39, 0.29) is 17.7 Å². The number of hydrogen-bond acceptors (Lipinski definition) is 4. The predicted octanol–water partition coefficient (Wildman–Crippen LogP) is 1.62. The summed E-state index contributed by atoms with van der Waals surface area (Å²) in [5, 5.41) is 2.97. The first-order chi connectivity index (χ1) is 12.7. The SMILES string of the molecule is O=C(NCCc1cnccn1)C1CCC(=O)N(CCc2ccccc2)C1. The molecule has 2 heterocycles. The minimum atomic E-state index is -0.134. The van der Waals surface area contributed by atoms with E-state index in [9.17, 15) is 9.59 Å². The van der Waals surface area contributed by atoms with Crippen molar-refractivity contribution in [3.63, 3.8) is 0 Å². The zero-order chi connectivity index (χ0) is 18.2. The van der Waals surface area contributed by atoms with Crippen molar-refractivity contribution in [3.8, 4) is 0 Å². The Morgan fingerprint density at radius 3 is 2.81 bits per heavy atom. The number of aromatic nitrogens is 2. The molecule has 1 aliphatic heterocycles. The molecular weight excluding hydrogens is 328 g/mol. The molecule has 1 N–H and O–H groups in total. The molecule has 2 aromatic rings. The molecule has 1 atom stereocenters. The Balaban J connectivity index is 1.45. The van der Waals surface area contributed by atoms with Gasteiger partial charge in [-0.1, -0.05) is 30.3 Å². The Morgan fingerprint density at radius 2 is 2.04 bits per heavy atom. The average Bonchev–Trinajstić information content (AvgIpc) is 2.69. The second-order valence-electron chi connectivity index (χ2n) is 6.55. The van der Waals surface area contributed by atoms with Gasteiger partial charge in [-0.15, -0.1) is 0 Å². The number of amides is 2. The molecule has 0 aliphatic carbocycles. The van der Waals surface area contributed by atoms with Gasteiger partial charge in [-0.25, -0.2) is 0 Å². The van der Waals surface area contributed by atoms with E-state index < -0.39 is 0 Å². The van der Waals surface area contributed by atoms with Gasteiger partial charge >= 0.3 is 0 Å². The van der Waals surface area contributed by atoms with Crippen molar-refractivity contribution in [3.05, 3.63) is 60.2 Å². The number of carbonyl (C=O) groups excluding carboxylic acids is 2. The molecule has 0 bridgehead atoms. The van der Waals surface area contributed by atoms with Crippen LogP contribution in [-0.2, 0) is 22.4 Å². The zero-order valence-corrected chi connectivity index (χ0v) is 14.8. The van der Waals surface area contributed by atoms with Crippen molar-refractivity contribution >= 4 is 11.8 Å². The van der Waals surface area contributed by atoms with Gasteiger partial charge in [0.1, 0.15) is 0 Å². The van der Waals surface area contributed by atoms with Gasteiger partial charge in [-0.2, -0.15) is 0 Å². The highest BCUT2D eigenvalue weighted by atomic mass is 16.2. The first kappa shape index (κ1) is 18.0. The van der Waals surface area contributed by atoms with E-state index in [1.165, 1.54) is 5.56 Å². The molecule has 1 aliphatic rings. The molecule has 2 amide bonds. The second kappa shape index (κ2) is 9.08. The smallest absolute Gasteiger partial charge is 0.224 e. The number of likely N-dealkylation sites (tertiary alicyclic amines) is 1. The van der Waals surface area contributed by atoms with E-state index in [1.54, 1.807) is 18.6 Å². The third kappa shape index (κ3) is 5.12. The summed E-state index contributed by atoms with van der Waals surface area (Å²) in [6, 6.07) is 10.1. The van der Waals surface area contributed by atoms with E-state index in [0.717, 1.165) is 12.1 Å². The average molecular weight is 352 g/mol. The van der Waals surface area contributed by atoms with Crippen molar-refractivity contribution < 1.29 is 9.59 Å². The summed E-state index contributed by atoms with van der Waals surface area (Å²) < 4.78 is 0. The lowest BCUT2D eigenvalue weighted by atomic mass is 9.96. The summed E-state index contributed by atoms with van der Waals surface area (Å²) >= 11 is 0. The van der Waals surface area contributed by atoms with Crippen molar-refractivity contribution in [1.29, 1.82) is 0 Å². The van der Waals surface area contributed by atoms with Crippen molar-refractivity contribution in [2.75, 3.05) is 19.6 Å². The molecule has 3 rings (SSSR count). The van der Waals surface area contributed by atoms with Crippen LogP contribution in [0.1, 0.15) is 24.1 Å². The fourth-order valence-corrected chi connectivity index (χ4v) is 3.17. The Morgan fingerprint density at radius 1 is 1.19 bits per heavy atom. The van der Waals surface area contributed by atoms with Crippen LogP contribution in [0.25, 0.3) is 0 Å². The summed E-state index contributed by atoms with van der Waals surface area (Å²) in [5.74, 6) is 0.0287. The Kier molecular flexibility index (Phi) is 6.30. The van der Waals surface area contributed by atoms with Gasteiger partial charge in [0.15, 0.2) is 0 Å². The topological polar surface area (TPSA) is 75.2 Å².